The van der Waals surface area contributed by atoms with Crippen molar-refractivity contribution in [2.75, 3.05) is 38.5 Å². The number of carbonyl (C=O) groups excluding carboxylic acids is 1. The number of rotatable bonds is 7. The topological polar surface area (TPSA) is 57.7 Å². The van der Waals surface area contributed by atoms with Gasteiger partial charge in [0.1, 0.15) is 5.78 Å². The van der Waals surface area contributed by atoms with Crippen molar-refractivity contribution in [3.05, 3.63) is 35.9 Å². The van der Waals surface area contributed by atoms with Crippen LogP contribution in [0.1, 0.15) is 18.9 Å². The van der Waals surface area contributed by atoms with Crippen LogP contribution in [0.5, 0.6) is 0 Å². The molecule has 1 aromatic carbocycles. The molecule has 0 unspecified atom stereocenters. The molecule has 1 aliphatic heterocycles. The van der Waals surface area contributed by atoms with Crippen molar-refractivity contribution in [1.82, 2.24) is 9.21 Å². The Bertz CT molecular complexity index is 579. The number of nitrogens with zero attached hydrogens (tertiary/aromatic N) is 2. The molecule has 1 aromatic rings. The summed E-state index contributed by atoms with van der Waals surface area (Å²) in [5, 5.41) is 0. The summed E-state index contributed by atoms with van der Waals surface area (Å²) < 4.78 is 26.3. The molecule has 1 saturated heterocycles. The fraction of sp³-hybridized carbons (Fsp3) is 0.562. The third kappa shape index (κ3) is 5.19. The Morgan fingerprint density at radius 3 is 2.32 bits per heavy atom. The average molecular weight is 324 g/mol. The molecule has 1 fully saturated rings. The second kappa shape index (κ2) is 7.85. The molecule has 6 heteroatoms. The van der Waals surface area contributed by atoms with Gasteiger partial charge in [-0.1, -0.05) is 30.3 Å². The molecule has 0 aromatic heterocycles. The first-order chi connectivity index (χ1) is 10.5. The highest BCUT2D eigenvalue weighted by Crippen LogP contribution is 2.11. The van der Waals surface area contributed by atoms with Crippen molar-refractivity contribution in [3.63, 3.8) is 0 Å². The number of benzene rings is 1. The highest BCUT2D eigenvalue weighted by Gasteiger charge is 2.26. The van der Waals surface area contributed by atoms with Gasteiger partial charge in [0.25, 0.3) is 0 Å². The lowest BCUT2D eigenvalue weighted by atomic mass is 10.1. The molecule has 22 heavy (non-hydrogen) atoms. The van der Waals surface area contributed by atoms with Crippen molar-refractivity contribution in [3.8, 4) is 0 Å². The molecule has 0 amide bonds. The molecule has 0 bridgehead atoms. The standard InChI is InChI=1S/C16H24N2O3S/c1-15(19)14-17-9-11-18(12-10-17)22(20,21)13-5-8-16-6-3-2-4-7-16/h2-4,6-7H,5,8-14H2,1H3. The fourth-order valence-electron chi connectivity index (χ4n) is 2.71. The molecule has 0 aliphatic carbocycles. The summed E-state index contributed by atoms with van der Waals surface area (Å²) >= 11 is 0. The van der Waals surface area contributed by atoms with Gasteiger partial charge in [0.15, 0.2) is 0 Å². The molecule has 0 spiro atoms. The van der Waals surface area contributed by atoms with Crippen LogP contribution in [0.3, 0.4) is 0 Å². The number of hydrogen-bond donors (Lipinski definition) is 0. The zero-order valence-corrected chi connectivity index (χ0v) is 13.9. The number of Topliss-reactive ketones (excluding diaryl/α,β-unsaturated/α-hetero) is 1. The Labute approximate surface area is 133 Å². The first-order valence-electron chi connectivity index (χ1n) is 7.71. The number of hydrogen-bond acceptors (Lipinski definition) is 4. The van der Waals surface area contributed by atoms with Crippen LogP contribution in [0.2, 0.25) is 0 Å². The third-order valence-corrected chi connectivity index (χ3v) is 5.84. The van der Waals surface area contributed by atoms with E-state index in [1.165, 1.54) is 5.56 Å². The zero-order valence-electron chi connectivity index (χ0n) is 13.1. The summed E-state index contributed by atoms with van der Waals surface area (Å²) in [6.07, 6.45) is 1.42. The normalized spacial score (nSPS) is 17.5. The van der Waals surface area contributed by atoms with E-state index in [4.69, 9.17) is 0 Å². The maximum atomic E-state index is 12.3. The van der Waals surface area contributed by atoms with Gasteiger partial charge in [0.05, 0.1) is 12.3 Å². The minimum atomic E-state index is -3.18. The summed E-state index contributed by atoms with van der Waals surface area (Å²) in [6.45, 7) is 4.23. The fourth-order valence-corrected chi connectivity index (χ4v) is 4.20. The van der Waals surface area contributed by atoms with Crippen molar-refractivity contribution in [2.45, 2.75) is 19.8 Å². The van der Waals surface area contributed by atoms with E-state index >= 15 is 0 Å². The smallest absolute Gasteiger partial charge is 0.214 e. The number of ketones is 1. The molecule has 0 saturated carbocycles. The lowest BCUT2D eigenvalue weighted by molar-refractivity contribution is -0.118. The molecule has 0 radical (unpaired) electrons. The quantitative estimate of drug-likeness (QED) is 0.755. The molecule has 0 N–H and O–H groups in total. The number of carbonyl (C=O) groups is 1. The van der Waals surface area contributed by atoms with E-state index in [-0.39, 0.29) is 11.5 Å². The van der Waals surface area contributed by atoms with E-state index in [0.29, 0.717) is 39.1 Å². The van der Waals surface area contributed by atoms with Gasteiger partial charge >= 0.3 is 0 Å². The Balaban J connectivity index is 1.78. The second-order valence-corrected chi connectivity index (χ2v) is 7.87. The molecular weight excluding hydrogens is 300 g/mol. The van der Waals surface area contributed by atoms with Crippen LogP contribution < -0.4 is 0 Å². The van der Waals surface area contributed by atoms with Gasteiger partial charge in [0.2, 0.25) is 10.0 Å². The number of aryl methyl sites for hydroxylation is 1. The number of sulfonamides is 1. The lowest BCUT2D eigenvalue weighted by Gasteiger charge is -2.33. The van der Waals surface area contributed by atoms with Crippen LogP contribution in [-0.4, -0.2) is 61.9 Å². The molecule has 1 heterocycles. The zero-order chi connectivity index (χ0) is 16.0. The van der Waals surface area contributed by atoms with Gasteiger partial charge in [-0.15, -0.1) is 0 Å². The van der Waals surface area contributed by atoms with Crippen LogP contribution in [0.25, 0.3) is 0 Å². The highest BCUT2D eigenvalue weighted by molar-refractivity contribution is 7.89. The molecule has 122 valence electrons. The van der Waals surface area contributed by atoms with Crippen LogP contribution >= 0.6 is 0 Å². The Hall–Kier alpha value is -1.24. The van der Waals surface area contributed by atoms with E-state index < -0.39 is 10.0 Å². The Morgan fingerprint density at radius 2 is 1.73 bits per heavy atom. The summed E-state index contributed by atoms with van der Waals surface area (Å²) in [4.78, 5) is 13.1. The van der Waals surface area contributed by atoms with Crippen molar-refractivity contribution in [2.24, 2.45) is 0 Å². The van der Waals surface area contributed by atoms with Crippen molar-refractivity contribution < 1.29 is 13.2 Å². The maximum absolute atomic E-state index is 12.3. The van der Waals surface area contributed by atoms with Gasteiger partial charge in [0, 0.05) is 26.2 Å². The van der Waals surface area contributed by atoms with E-state index in [0.717, 1.165) is 6.42 Å². The van der Waals surface area contributed by atoms with E-state index in [9.17, 15) is 13.2 Å². The summed E-state index contributed by atoms with van der Waals surface area (Å²) in [7, 11) is -3.18. The van der Waals surface area contributed by atoms with Crippen LogP contribution in [-0.2, 0) is 21.2 Å². The summed E-state index contributed by atoms with van der Waals surface area (Å²) in [5.41, 5.74) is 1.17. The minimum absolute atomic E-state index is 0.124. The summed E-state index contributed by atoms with van der Waals surface area (Å²) in [6, 6.07) is 9.94. The predicted molar refractivity (Wildman–Crippen MR) is 87.2 cm³/mol. The van der Waals surface area contributed by atoms with E-state index in [1.54, 1.807) is 11.2 Å². The molecule has 5 nitrogen and oxygen atoms in total. The monoisotopic (exact) mass is 324 g/mol. The van der Waals surface area contributed by atoms with Crippen molar-refractivity contribution >= 4 is 15.8 Å². The number of piperazine rings is 1. The van der Waals surface area contributed by atoms with Crippen LogP contribution in [0, 0.1) is 0 Å². The lowest BCUT2D eigenvalue weighted by Crippen LogP contribution is -2.50. The first-order valence-corrected chi connectivity index (χ1v) is 9.32. The van der Waals surface area contributed by atoms with Gasteiger partial charge in [-0.05, 0) is 25.3 Å². The largest absolute Gasteiger partial charge is 0.299 e. The van der Waals surface area contributed by atoms with E-state index in [2.05, 4.69) is 0 Å². The molecular formula is C16H24N2O3S. The van der Waals surface area contributed by atoms with Gasteiger partial charge in [-0.3, -0.25) is 9.69 Å². The average Bonchev–Trinajstić information content (AvgIpc) is 2.48. The Kier molecular flexibility index (Phi) is 6.11. The van der Waals surface area contributed by atoms with Gasteiger partial charge in [-0.2, -0.15) is 4.31 Å². The maximum Gasteiger partial charge on any atom is 0.214 e. The second-order valence-electron chi connectivity index (χ2n) is 5.78. The van der Waals surface area contributed by atoms with Crippen molar-refractivity contribution in [1.29, 1.82) is 0 Å². The molecule has 2 rings (SSSR count). The minimum Gasteiger partial charge on any atom is -0.299 e. The Morgan fingerprint density at radius 1 is 1.09 bits per heavy atom. The third-order valence-electron chi connectivity index (χ3n) is 3.88. The van der Waals surface area contributed by atoms with Gasteiger partial charge in [-0.25, -0.2) is 8.42 Å². The first kappa shape index (κ1) is 17.1. The van der Waals surface area contributed by atoms with Crippen LogP contribution in [0.4, 0.5) is 0 Å². The summed E-state index contributed by atoms with van der Waals surface area (Å²) in [5.74, 6) is 0.313. The molecule has 1 aliphatic rings. The molecule has 0 atom stereocenters. The SMILES string of the molecule is CC(=O)CN1CCN(S(=O)(=O)CCCc2ccccc2)CC1. The van der Waals surface area contributed by atoms with Crippen LogP contribution in [0.15, 0.2) is 30.3 Å². The predicted octanol–water partition coefficient (Wildman–Crippen LogP) is 1.16. The highest BCUT2D eigenvalue weighted by atomic mass is 32.2. The van der Waals surface area contributed by atoms with Gasteiger partial charge < -0.3 is 0 Å². The van der Waals surface area contributed by atoms with E-state index in [1.807, 2.05) is 35.2 Å².